The second-order valence-corrected chi connectivity index (χ2v) is 7.65. The van der Waals surface area contributed by atoms with E-state index in [9.17, 15) is 13.2 Å². The molecule has 1 heterocycles. The highest BCUT2D eigenvalue weighted by Crippen LogP contribution is 2.40. The van der Waals surface area contributed by atoms with E-state index in [4.69, 9.17) is 9.37 Å². The maximum absolute atomic E-state index is 13.4. The molecule has 0 aliphatic carbocycles. The molecular weight excluding hydrogens is 419 g/mol. The third-order valence-corrected chi connectivity index (χ3v) is 5.46. The quantitative estimate of drug-likeness (QED) is 0.363. The van der Waals surface area contributed by atoms with Crippen molar-refractivity contribution in [3.8, 4) is 11.1 Å². The lowest BCUT2D eigenvalue weighted by Crippen LogP contribution is -2.22. The SMILES string of the molecule is COC(c1cccc(-c2cc3nonc3c(N(C)Cc3ccccc3)c2C)c1)C(F)(F)F. The van der Waals surface area contributed by atoms with E-state index in [1.807, 2.05) is 49.2 Å². The van der Waals surface area contributed by atoms with Gasteiger partial charge >= 0.3 is 6.18 Å². The van der Waals surface area contributed by atoms with Gasteiger partial charge < -0.3 is 9.64 Å². The molecule has 0 bridgehead atoms. The summed E-state index contributed by atoms with van der Waals surface area (Å²) in [5.41, 5.74) is 5.34. The van der Waals surface area contributed by atoms with Crippen molar-refractivity contribution in [3.63, 3.8) is 0 Å². The Bertz CT molecular complexity index is 1220. The van der Waals surface area contributed by atoms with Gasteiger partial charge in [-0.2, -0.15) is 13.2 Å². The van der Waals surface area contributed by atoms with E-state index in [0.717, 1.165) is 29.5 Å². The number of alkyl halides is 3. The summed E-state index contributed by atoms with van der Waals surface area (Å²) in [5.74, 6) is 0. The molecule has 0 radical (unpaired) electrons. The first-order valence-electron chi connectivity index (χ1n) is 10.0. The third-order valence-electron chi connectivity index (χ3n) is 5.46. The Labute approximate surface area is 183 Å². The molecule has 0 saturated heterocycles. The molecule has 0 fully saturated rings. The molecule has 166 valence electrons. The van der Waals surface area contributed by atoms with Gasteiger partial charge in [-0.15, -0.1) is 0 Å². The molecule has 0 aliphatic rings. The summed E-state index contributed by atoms with van der Waals surface area (Å²) in [6, 6.07) is 18.0. The summed E-state index contributed by atoms with van der Waals surface area (Å²) < 4.78 is 49.9. The molecule has 4 rings (SSSR count). The average Bonchev–Trinajstić information content (AvgIpc) is 3.21. The van der Waals surface area contributed by atoms with E-state index in [1.54, 1.807) is 18.2 Å². The maximum Gasteiger partial charge on any atom is 0.418 e. The normalized spacial score (nSPS) is 12.8. The maximum atomic E-state index is 13.4. The van der Waals surface area contributed by atoms with E-state index >= 15 is 0 Å². The molecule has 5 nitrogen and oxygen atoms in total. The largest absolute Gasteiger partial charge is 0.418 e. The van der Waals surface area contributed by atoms with Gasteiger partial charge in [-0.25, -0.2) is 4.63 Å². The smallest absolute Gasteiger partial charge is 0.368 e. The summed E-state index contributed by atoms with van der Waals surface area (Å²) >= 11 is 0. The molecule has 0 aliphatic heterocycles. The predicted octanol–water partition coefficient (Wildman–Crippen LogP) is 6.08. The van der Waals surface area contributed by atoms with Crippen molar-refractivity contribution in [1.82, 2.24) is 10.3 Å². The van der Waals surface area contributed by atoms with E-state index in [-0.39, 0.29) is 5.56 Å². The molecule has 0 N–H and O–H groups in total. The van der Waals surface area contributed by atoms with Gasteiger partial charge in [-0.3, -0.25) is 0 Å². The van der Waals surface area contributed by atoms with Gasteiger partial charge in [0.1, 0.15) is 5.52 Å². The zero-order valence-electron chi connectivity index (χ0n) is 17.8. The van der Waals surface area contributed by atoms with Gasteiger partial charge in [0.15, 0.2) is 11.6 Å². The molecule has 1 atom stereocenters. The zero-order chi connectivity index (χ0) is 22.9. The Kier molecular flexibility index (Phi) is 5.88. The van der Waals surface area contributed by atoms with Crippen LogP contribution in [0.5, 0.6) is 0 Å². The lowest BCUT2D eigenvalue weighted by atomic mass is 9.95. The molecule has 1 aromatic heterocycles. The van der Waals surface area contributed by atoms with Crippen molar-refractivity contribution in [2.45, 2.75) is 25.7 Å². The zero-order valence-corrected chi connectivity index (χ0v) is 17.8. The lowest BCUT2D eigenvalue weighted by Gasteiger charge is -2.24. The van der Waals surface area contributed by atoms with Gasteiger partial charge in [0.25, 0.3) is 0 Å². The topological polar surface area (TPSA) is 51.4 Å². The summed E-state index contributed by atoms with van der Waals surface area (Å²) in [6.07, 6.45) is -6.51. The van der Waals surface area contributed by atoms with Crippen LogP contribution in [0.3, 0.4) is 0 Å². The minimum Gasteiger partial charge on any atom is -0.368 e. The van der Waals surface area contributed by atoms with Crippen molar-refractivity contribution < 1.29 is 22.5 Å². The Morgan fingerprint density at radius 1 is 1.03 bits per heavy atom. The number of hydrogen-bond donors (Lipinski definition) is 0. The Morgan fingerprint density at radius 3 is 2.47 bits per heavy atom. The standard InChI is InChI=1S/C24H22F3N3O2/c1-15-19(17-10-7-11-18(12-17)23(31-3)24(25,26)27)13-20-21(29-32-28-20)22(15)30(2)14-16-8-5-4-6-9-16/h4-13,23H,14H2,1-3H3. The molecule has 32 heavy (non-hydrogen) atoms. The number of methoxy groups -OCH3 is 1. The highest BCUT2D eigenvalue weighted by atomic mass is 19.4. The molecule has 0 spiro atoms. The van der Waals surface area contributed by atoms with Crippen LogP contribution in [0.2, 0.25) is 0 Å². The third kappa shape index (κ3) is 4.18. The van der Waals surface area contributed by atoms with E-state index in [1.165, 1.54) is 12.1 Å². The number of anilines is 1. The fraction of sp³-hybridized carbons (Fsp3) is 0.250. The molecule has 0 amide bonds. The van der Waals surface area contributed by atoms with E-state index in [2.05, 4.69) is 10.3 Å². The fourth-order valence-corrected chi connectivity index (χ4v) is 4.04. The number of rotatable bonds is 6. The predicted molar refractivity (Wildman–Crippen MR) is 116 cm³/mol. The average molecular weight is 441 g/mol. The van der Waals surface area contributed by atoms with Crippen molar-refractivity contribution in [2.24, 2.45) is 0 Å². The number of fused-ring (bicyclic) bond motifs is 1. The molecule has 0 saturated carbocycles. The van der Waals surface area contributed by atoms with Crippen LogP contribution in [0, 0.1) is 6.92 Å². The second kappa shape index (κ2) is 8.63. The Balaban J connectivity index is 1.81. The number of nitrogens with zero attached hydrogens (tertiary/aromatic N) is 3. The minimum absolute atomic E-state index is 0.0365. The summed E-state index contributed by atoms with van der Waals surface area (Å²) in [4.78, 5) is 2.04. The van der Waals surface area contributed by atoms with Crippen molar-refractivity contribution in [1.29, 1.82) is 0 Å². The first-order chi connectivity index (χ1) is 15.3. The first-order valence-corrected chi connectivity index (χ1v) is 10.0. The van der Waals surface area contributed by atoms with Gasteiger partial charge in [-0.1, -0.05) is 48.5 Å². The molecule has 1 unspecified atom stereocenters. The van der Waals surface area contributed by atoms with Crippen molar-refractivity contribution in [3.05, 3.63) is 77.4 Å². The highest BCUT2D eigenvalue weighted by molar-refractivity contribution is 5.95. The van der Waals surface area contributed by atoms with Gasteiger partial charge in [0.2, 0.25) is 0 Å². The van der Waals surface area contributed by atoms with E-state index < -0.39 is 12.3 Å². The number of aromatic nitrogens is 2. The Hall–Kier alpha value is -3.39. The van der Waals surface area contributed by atoms with Crippen molar-refractivity contribution >= 4 is 16.7 Å². The van der Waals surface area contributed by atoms with Crippen LogP contribution >= 0.6 is 0 Å². The molecular formula is C24H22F3N3O2. The minimum atomic E-state index is -4.51. The summed E-state index contributed by atoms with van der Waals surface area (Å²) in [6.45, 7) is 2.54. The van der Waals surface area contributed by atoms with Gasteiger partial charge in [-0.05, 0) is 57.2 Å². The van der Waals surface area contributed by atoms with Crippen LogP contribution in [0.1, 0.15) is 22.8 Å². The highest BCUT2D eigenvalue weighted by Gasteiger charge is 2.41. The van der Waals surface area contributed by atoms with Gasteiger partial charge in [0, 0.05) is 20.7 Å². The number of benzene rings is 3. The van der Waals surface area contributed by atoms with Crippen LogP contribution in [-0.4, -0.2) is 30.6 Å². The molecule has 4 aromatic rings. The Morgan fingerprint density at radius 2 is 1.78 bits per heavy atom. The summed E-state index contributed by atoms with van der Waals surface area (Å²) in [7, 11) is 2.99. The molecule has 3 aromatic carbocycles. The lowest BCUT2D eigenvalue weighted by molar-refractivity contribution is -0.215. The van der Waals surface area contributed by atoms with Crippen LogP contribution in [0.25, 0.3) is 22.2 Å². The number of hydrogen-bond acceptors (Lipinski definition) is 5. The second-order valence-electron chi connectivity index (χ2n) is 7.65. The van der Waals surface area contributed by atoms with Gasteiger partial charge in [0.05, 0.1) is 5.69 Å². The van der Waals surface area contributed by atoms with Crippen molar-refractivity contribution in [2.75, 3.05) is 19.1 Å². The number of ether oxygens (including phenoxy) is 1. The molecule has 8 heteroatoms. The van der Waals surface area contributed by atoms with Crippen LogP contribution < -0.4 is 4.90 Å². The number of halogens is 3. The fourth-order valence-electron chi connectivity index (χ4n) is 4.04. The van der Waals surface area contributed by atoms with Crippen LogP contribution in [0.15, 0.2) is 65.3 Å². The van der Waals surface area contributed by atoms with Crippen LogP contribution in [-0.2, 0) is 11.3 Å². The van der Waals surface area contributed by atoms with E-state index in [0.29, 0.717) is 23.1 Å². The van der Waals surface area contributed by atoms with Crippen LogP contribution in [0.4, 0.5) is 18.9 Å². The summed E-state index contributed by atoms with van der Waals surface area (Å²) in [5, 5.41) is 8.06. The first kappa shape index (κ1) is 21.8. The monoisotopic (exact) mass is 441 g/mol.